The summed E-state index contributed by atoms with van der Waals surface area (Å²) in [5.41, 5.74) is 1.14. The van der Waals surface area contributed by atoms with E-state index < -0.39 is 0 Å². The Labute approximate surface area is 60.8 Å². The Kier molecular flexibility index (Phi) is 1.43. The van der Waals surface area contributed by atoms with E-state index in [1.54, 1.807) is 6.20 Å². The van der Waals surface area contributed by atoms with Crippen molar-refractivity contribution in [2.75, 3.05) is 5.84 Å². The molecule has 1 aromatic heterocycles. The molecule has 0 amide bonds. The molecule has 1 aromatic rings. The molecule has 0 saturated heterocycles. The van der Waals surface area contributed by atoms with Crippen molar-refractivity contribution in [3.05, 3.63) is 18.0 Å². The first kappa shape index (κ1) is 7.12. The number of nitrogens with zero attached hydrogens (tertiary/aromatic N) is 2. The molecule has 1 heterocycles. The van der Waals surface area contributed by atoms with E-state index in [1.165, 1.54) is 4.79 Å². The van der Waals surface area contributed by atoms with Crippen LogP contribution in [0.25, 0.3) is 0 Å². The van der Waals surface area contributed by atoms with Crippen molar-refractivity contribution in [2.45, 2.75) is 26.2 Å². The first-order chi connectivity index (χ1) is 4.52. The minimum absolute atomic E-state index is 0.0885. The largest absolute Gasteiger partial charge is 0.323 e. The maximum atomic E-state index is 5.53. The molecule has 0 radical (unpaired) electrons. The van der Waals surface area contributed by atoms with Crippen LogP contribution in [0.4, 0.5) is 0 Å². The Morgan fingerprint density at radius 2 is 2.10 bits per heavy atom. The predicted octanol–water partition coefficient (Wildman–Crippen LogP) is 0.894. The summed E-state index contributed by atoms with van der Waals surface area (Å²) in [6.45, 7) is 6.31. The van der Waals surface area contributed by atoms with E-state index in [0.717, 1.165) is 5.69 Å². The van der Waals surface area contributed by atoms with E-state index in [1.807, 2.05) is 6.07 Å². The van der Waals surface area contributed by atoms with Gasteiger partial charge in [0.2, 0.25) is 0 Å². The van der Waals surface area contributed by atoms with Crippen LogP contribution in [0.15, 0.2) is 12.3 Å². The maximum Gasteiger partial charge on any atom is 0.0670 e. The van der Waals surface area contributed by atoms with Gasteiger partial charge in [-0.15, -0.1) is 0 Å². The van der Waals surface area contributed by atoms with Crippen molar-refractivity contribution in [1.29, 1.82) is 0 Å². The van der Waals surface area contributed by atoms with Gasteiger partial charge in [-0.25, -0.2) is 0 Å². The van der Waals surface area contributed by atoms with E-state index in [0.29, 0.717) is 0 Å². The molecule has 3 heteroatoms. The van der Waals surface area contributed by atoms with Gasteiger partial charge in [-0.1, -0.05) is 20.8 Å². The lowest BCUT2D eigenvalue weighted by molar-refractivity contribution is 0.535. The first-order valence-electron chi connectivity index (χ1n) is 3.31. The smallest absolute Gasteiger partial charge is 0.0670 e. The summed E-state index contributed by atoms with van der Waals surface area (Å²) >= 11 is 0. The van der Waals surface area contributed by atoms with E-state index in [4.69, 9.17) is 5.84 Å². The molecule has 3 nitrogen and oxygen atoms in total. The van der Waals surface area contributed by atoms with Gasteiger partial charge in [-0.2, -0.15) is 9.89 Å². The van der Waals surface area contributed by atoms with Gasteiger partial charge in [0.05, 0.1) is 11.9 Å². The van der Waals surface area contributed by atoms with E-state index >= 15 is 0 Å². The zero-order valence-electron chi connectivity index (χ0n) is 6.63. The normalized spacial score (nSPS) is 11.9. The second-order valence-corrected chi connectivity index (χ2v) is 3.41. The van der Waals surface area contributed by atoms with Crippen molar-refractivity contribution >= 4 is 0 Å². The molecule has 1 rings (SSSR count). The van der Waals surface area contributed by atoms with Gasteiger partial charge in [0, 0.05) is 5.41 Å². The van der Waals surface area contributed by atoms with Gasteiger partial charge in [-0.3, -0.25) is 0 Å². The van der Waals surface area contributed by atoms with Crippen molar-refractivity contribution < 1.29 is 0 Å². The van der Waals surface area contributed by atoms with Gasteiger partial charge in [-0.05, 0) is 6.07 Å². The van der Waals surface area contributed by atoms with Crippen molar-refractivity contribution in [2.24, 2.45) is 0 Å². The quantitative estimate of drug-likeness (QED) is 0.542. The molecule has 0 fully saturated rings. The number of rotatable bonds is 0. The van der Waals surface area contributed by atoms with Gasteiger partial charge in [0.15, 0.2) is 0 Å². The highest BCUT2D eigenvalue weighted by Crippen LogP contribution is 2.19. The average molecular weight is 139 g/mol. The molecule has 0 aliphatic rings. The predicted molar refractivity (Wildman–Crippen MR) is 41.1 cm³/mol. The third kappa shape index (κ3) is 1.12. The Morgan fingerprint density at radius 3 is 2.30 bits per heavy atom. The van der Waals surface area contributed by atoms with E-state index in [2.05, 4.69) is 25.9 Å². The lowest BCUT2D eigenvalue weighted by Crippen LogP contribution is -2.23. The summed E-state index contributed by atoms with van der Waals surface area (Å²) in [5, 5.41) is 3.88. The Balaban J connectivity index is 3.05. The van der Waals surface area contributed by atoms with Crippen molar-refractivity contribution in [3.63, 3.8) is 0 Å². The van der Waals surface area contributed by atoms with Crippen LogP contribution in [0.5, 0.6) is 0 Å². The third-order valence-electron chi connectivity index (χ3n) is 1.44. The number of nitrogen functional groups attached to an aromatic ring is 1. The SMILES string of the molecule is CC(C)(C)c1ccnn1N. The van der Waals surface area contributed by atoms with Crippen LogP contribution in [0.3, 0.4) is 0 Å². The van der Waals surface area contributed by atoms with Gasteiger partial charge in [0.25, 0.3) is 0 Å². The van der Waals surface area contributed by atoms with Crippen LogP contribution in [0.2, 0.25) is 0 Å². The highest BCUT2D eigenvalue weighted by atomic mass is 15.5. The fourth-order valence-electron chi connectivity index (χ4n) is 0.908. The minimum atomic E-state index is 0.0885. The molecule has 0 atom stereocenters. The molecule has 2 N–H and O–H groups in total. The zero-order chi connectivity index (χ0) is 7.78. The summed E-state index contributed by atoms with van der Waals surface area (Å²) in [6.07, 6.45) is 1.71. The summed E-state index contributed by atoms with van der Waals surface area (Å²) in [7, 11) is 0. The Bertz CT molecular complexity index is 219. The second-order valence-electron chi connectivity index (χ2n) is 3.41. The van der Waals surface area contributed by atoms with E-state index in [9.17, 15) is 0 Å². The molecule has 10 heavy (non-hydrogen) atoms. The number of hydrogen-bond acceptors (Lipinski definition) is 2. The minimum Gasteiger partial charge on any atom is -0.323 e. The van der Waals surface area contributed by atoms with Crippen LogP contribution in [-0.2, 0) is 5.41 Å². The van der Waals surface area contributed by atoms with Gasteiger partial charge in [0.1, 0.15) is 0 Å². The number of aromatic nitrogens is 2. The molecule has 0 aliphatic heterocycles. The van der Waals surface area contributed by atoms with Crippen LogP contribution in [0.1, 0.15) is 26.5 Å². The molecule has 0 unspecified atom stereocenters. The standard InChI is InChI=1S/C7H13N3/c1-7(2,3)6-4-5-9-10(6)8/h4-5H,8H2,1-3H3. The molecule has 0 aliphatic carbocycles. The summed E-state index contributed by atoms with van der Waals surface area (Å²) in [4.78, 5) is 1.42. The molecular formula is C7H13N3. The fraction of sp³-hybridized carbons (Fsp3) is 0.571. The lowest BCUT2D eigenvalue weighted by Gasteiger charge is -2.17. The highest BCUT2D eigenvalue weighted by molar-refractivity contribution is 5.11. The van der Waals surface area contributed by atoms with Crippen LogP contribution < -0.4 is 5.84 Å². The van der Waals surface area contributed by atoms with E-state index in [-0.39, 0.29) is 5.41 Å². The summed E-state index contributed by atoms with van der Waals surface area (Å²) in [6, 6.07) is 1.93. The third-order valence-corrected chi connectivity index (χ3v) is 1.44. The topological polar surface area (TPSA) is 43.8 Å². The first-order valence-corrected chi connectivity index (χ1v) is 3.31. The average Bonchev–Trinajstić information content (AvgIpc) is 2.11. The molecule has 0 spiro atoms. The molecule has 56 valence electrons. The van der Waals surface area contributed by atoms with Crippen LogP contribution >= 0.6 is 0 Å². The molecule has 0 aromatic carbocycles. The lowest BCUT2D eigenvalue weighted by atomic mass is 9.92. The van der Waals surface area contributed by atoms with Crippen LogP contribution in [-0.4, -0.2) is 9.89 Å². The Morgan fingerprint density at radius 1 is 1.50 bits per heavy atom. The summed E-state index contributed by atoms with van der Waals surface area (Å²) in [5.74, 6) is 5.53. The van der Waals surface area contributed by atoms with Crippen molar-refractivity contribution in [3.8, 4) is 0 Å². The van der Waals surface area contributed by atoms with Crippen LogP contribution in [0, 0.1) is 0 Å². The molecule has 0 bridgehead atoms. The number of hydrogen-bond donors (Lipinski definition) is 1. The van der Waals surface area contributed by atoms with Crippen molar-refractivity contribution in [1.82, 2.24) is 9.89 Å². The second kappa shape index (κ2) is 2.01. The molecular weight excluding hydrogens is 126 g/mol. The van der Waals surface area contributed by atoms with Gasteiger partial charge < -0.3 is 5.84 Å². The maximum absolute atomic E-state index is 5.53. The fourth-order valence-corrected chi connectivity index (χ4v) is 0.908. The summed E-state index contributed by atoms with van der Waals surface area (Å²) < 4.78 is 0. The Hall–Kier alpha value is -0.990. The number of nitrogens with two attached hydrogens (primary N) is 1. The molecule has 0 saturated carbocycles. The zero-order valence-corrected chi connectivity index (χ0v) is 6.63. The monoisotopic (exact) mass is 139 g/mol. The van der Waals surface area contributed by atoms with Gasteiger partial charge >= 0.3 is 0 Å². The highest BCUT2D eigenvalue weighted by Gasteiger charge is 2.17.